The Bertz CT molecular complexity index is 644. The van der Waals surface area contributed by atoms with Gasteiger partial charge in [-0.25, -0.2) is 5.01 Å². The molecule has 5 nitrogen and oxygen atoms in total. The summed E-state index contributed by atoms with van der Waals surface area (Å²) in [4.78, 5) is 17.3. The Balaban J connectivity index is 1.71. The van der Waals surface area contributed by atoms with E-state index in [0.29, 0.717) is 6.54 Å². The summed E-state index contributed by atoms with van der Waals surface area (Å²) in [6.45, 7) is 4.66. The van der Waals surface area contributed by atoms with Crippen LogP contribution in [0.3, 0.4) is 0 Å². The highest BCUT2D eigenvalue weighted by atomic mass is 16.1. The number of hydrogen-bond acceptors (Lipinski definition) is 4. The summed E-state index contributed by atoms with van der Waals surface area (Å²) < 4.78 is 0. The van der Waals surface area contributed by atoms with Crippen molar-refractivity contribution in [3.05, 3.63) is 46.2 Å². The predicted octanol–water partition coefficient (Wildman–Crippen LogP) is 0.780. The van der Waals surface area contributed by atoms with Gasteiger partial charge in [-0.05, 0) is 24.6 Å². The number of aromatic nitrogens is 1. The number of nitrogens with zero attached hydrogens (tertiary/aromatic N) is 2. The zero-order valence-corrected chi connectivity index (χ0v) is 11.7. The lowest BCUT2D eigenvalue weighted by molar-refractivity contribution is 0.102. The van der Waals surface area contributed by atoms with E-state index in [9.17, 15) is 4.79 Å². The number of para-hydroxylation sites is 1. The van der Waals surface area contributed by atoms with Crippen molar-refractivity contribution in [3.63, 3.8) is 0 Å². The second kappa shape index (κ2) is 5.75. The number of pyridine rings is 1. The number of aromatic amines is 1. The summed E-state index contributed by atoms with van der Waals surface area (Å²) in [5.74, 6) is 0. The molecule has 0 radical (unpaired) electrons. The van der Waals surface area contributed by atoms with E-state index >= 15 is 0 Å². The fourth-order valence-corrected chi connectivity index (χ4v) is 2.49. The molecule has 1 fully saturated rings. The van der Waals surface area contributed by atoms with Crippen molar-refractivity contribution in [2.75, 3.05) is 33.2 Å². The van der Waals surface area contributed by atoms with Gasteiger partial charge in [-0.15, -0.1) is 0 Å². The van der Waals surface area contributed by atoms with Gasteiger partial charge >= 0.3 is 0 Å². The molecule has 0 atom stereocenters. The Morgan fingerprint density at radius 3 is 2.75 bits per heavy atom. The fourth-order valence-electron chi connectivity index (χ4n) is 2.49. The number of likely N-dealkylation sites (N-methyl/N-ethyl adjacent to an activating group) is 1. The summed E-state index contributed by atoms with van der Waals surface area (Å²) in [6.07, 6.45) is 0. The van der Waals surface area contributed by atoms with Crippen molar-refractivity contribution in [2.24, 2.45) is 0 Å². The number of piperazine rings is 1. The fraction of sp³-hybridized carbons (Fsp3) is 0.400. The van der Waals surface area contributed by atoms with Crippen LogP contribution in [0.1, 0.15) is 5.56 Å². The number of fused-ring (bicyclic) bond motifs is 1. The molecule has 3 rings (SSSR count). The molecule has 0 spiro atoms. The Labute approximate surface area is 118 Å². The molecule has 1 saturated heterocycles. The smallest absolute Gasteiger partial charge is 0.252 e. The summed E-state index contributed by atoms with van der Waals surface area (Å²) >= 11 is 0. The summed E-state index contributed by atoms with van der Waals surface area (Å²) in [5, 5.41) is 3.26. The van der Waals surface area contributed by atoms with Gasteiger partial charge in [0.15, 0.2) is 0 Å². The molecule has 1 aromatic heterocycles. The number of hydrazine groups is 1. The first-order valence-corrected chi connectivity index (χ1v) is 7.00. The van der Waals surface area contributed by atoms with Crippen LogP contribution in [0.4, 0.5) is 0 Å². The quantitative estimate of drug-likeness (QED) is 0.867. The third kappa shape index (κ3) is 2.90. The minimum Gasteiger partial charge on any atom is -0.322 e. The average molecular weight is 272 g/mol. The molecule has 0 aliphatic carbocycles. The second-order valence-electron chi connectivity index (χ2n) is 5.34. The maximum absolute atomic E-state index is 12.0. The van der Waals surface area contributed by atoms with Crippen LogP contribution in [-0.4, -0.2) is 48.1 Å². The van der Waals surface area contributed by atoms with Gasteiger partial charge in [-0.2, -0.15) is 0 Å². The lowest BCUT2D eigenvalue weighted by atomic mass is 10.1. The van der Waals surface area contributed by atoms with Crippen LogP contribution in [0.5, 0.6) is 0 Å². The Kier molecular flexibility index (Phi) is 3.82. The number of hydrogen-bond donors (Lipinski definition) is 2. The highest BCUT2D eigenvalue weighted by Gasteiger charge is 2.13. The van der Waals surface area contributed by atoms with Crippen molar-refractivity contribution in [3.8, 4) is 0 Å². The molecule has 2 N–H and O–H groups in total. The van der Waals surface area contributed by atoms with E-state index in [0.717, 1.165) is 42.6 Å². The van der Waals surface area contributed by atoms with E-state index in [1.54, 1.807) is 0 Å². The van der Waals surface area contributed by atoms with E-state index in [-0.39, 0.29) is 5.56 Å². The molecule has 0 bridgehead atoms. The van der Waals surface area contributed by atoms with Crippen LogP contribution in [0.25, 0.3) is 10.9 Å². The number of rotatable bonds is 3. The van der Waals surface area contributed by atoms with Gasteiger partial charge < -0.3 is 9.88 Å². The largest absolute Gasteiger partial charge is 0.322 e. The van der Waals surface area contributed by atoms with Crippen molar-refractivity contribution < 1.29 is 0 Å². The first-order valence-electron chi connectivity index (χ1n) is 7.00. The Morgan fingerprint density at radius 2 is 1.95 bits per heavy atom. The number of nitrogens with one attached hydrogen (secondary N) is 2. The van der Waals surface area contributed by atoms with Crippen LogP contribution in [-0.2, 0) is 6.54 Å². The minimum absolute atomic E-state index is 0.00896. The SMILES string of the molecule is CN1CCN(NCc2cc3ccccc3[nH]c2=O)CC1. The monoisotopic (exact) mass is 272 g/mol. The first kappa shape index (κ1) is 13.3. The molecule has 5 heteroatoms. The van der Waals surface area contributed by atoms with Gasteiger partial charge in [0, 0.05) is 43.8 Å². The second-order valence-corrected chi connectivity index (χ2v) is 5.34. The molecule has 0 saturated carbocycles. The average Bonchev–Trinajstić information content (AvgIpc) is 2.47. The van der Waals surface area contributed by atoms with E-state index < -0.39 is 0 Å². The highest BCUT2D eigenvalue weighted by Crippen LogP contribution is 2.10. The van der Waals surface area contributed by atoms with Crippen LogP contribution in [0.2, 0.25) is 0 Å². The minimum atomic E-state index is -0.00896. The molecule has 1 aliphatic heterocycles. The lowest BCUT2D eigenvalue weighted by Gasteiger charge is -2.32. The zero-order valence-electron chi connectivity index (χ0n) is 11.7. The van der Waals surface area contributed by atoms with Crippen molar-refractivity contribution in [2.45, 2.75) is 6.54 Å². The van der Waals surface area contributed by atoms with Crippen LogP contribution in [0.15, 0.2) is 35.1 Å². The van der Waals surface area contributed by atoms with E-state index in [1.807, 2.05) is 30.3 Å². The maximum Gasteiger partial charge on any atom is 0.252 e. The van der Waals surface area contributed by atoms with E-state index in [2.05, 4.69) is 27.4 Å². The Hall–Kier alpha value is -1.69. The summed E-state index contributed by atoms with van der Waals surface area (Å²) in [5.41, 5.74) is 5.01. The molecule has 2 aromatic rings. The Morgan fingerprint density at radius 1 is 1.20 bits per heavy atom. The van der Waals surface area contributed by atoms with Crippen molar-refractivity contribution in [1.29, 1.82) is 0 Å². The van der Waals surface area contributed by atoms with Crippen LogP contribution < -0.4 is 11.0 Å². The van der Waals surface area contributed by atoms with Gasteiger partial charge in [-0.3, -0.25) is 10.2 Å². The first-order chi connectivity index (χ1) is 9.72. The van der Waals surface area contributed by atoms with Crippen LogP contribution in [0, 0.1) is 0 Å². The molecule has 106 valence electrons. The third-order valence-corrected chi connectivity index (χ3v) is 3.83. The predicted molar refractivity (Wildman–Crippen MR) is 80.5 cm³/mol. The molecule has 20 heavy (non-hydrogen) atoms. The normalized spacial score (nSPS) is 17.6. The summed E-state index contributed by atoms with van der Waals surface area (Å²) in [6, 6.07) is 9.83. The molecular weight excluding hydrogens is 252 g/mol. The summed E-state index contributed by atoms with van der Waals surface area (Å²) in [7, 11) is 2.13. The third-order valence-electron chi connectivity index (χ3n) is 3.83. The molecule has 0 amide bonds. The van der Waals surface area contributed by atoms with Gasteiger partial charge in [-0.1, -0.05) is 18.2 Å². The molecular formula is C15H20N4O. The topological polar surface area (TPSA) is 51.4 Å². The molecule has 2 heterocycles. The van der Waals surface area contributed by atoms with E-state index in [4.69, 9.17) is 0 Å². The number of benzene rings is 1. The maximum atomic E-state index is 12.0. The van der Waals surface area contributed by atoms with E-state index in [1.165, 1.54) is 0 Å². The molecule has 1 aromatic carbocycles. The molecule has 1 aliphatic rings. The van der Waals surface area contributed by atoms with Crippen molar-refractivity contribution >= 4 is 10.9 Å². The standard InChI is InChI=1S/C15H20N4O/c1-18-6-8-19(9-7-18)16-11-13-10-12-4-2-3-5-14(12)17-15(13)20/h2-5,10,16H,6-9,11H2,1H3,(H,17,20). The molecule has 0 unspecified atom stereocenters. The van der Waals surface area contributed by atoms with Gasteiger partial charge in [0.1, 0.15) is 0 Å². The highest BCUT2D eigenvalue weighted by molar-refractivity contribution is 5.78. The zero-order chi connectivity index (χ0) is 13.9. The van der Waals surface area contributed by atoms with Crippen LogP contribution >= 0.6 is 0 Å². The van der Waals surface area contributed by atoms with Crippen molar-refractivity contribution in [1.82, 2.24) is 20.3 Å². The van der Waals surface area contributed by atoms with Gasteiger partial charge in [0.2, 0.25) is 0 Å². The van der Waals surface area contributed by atoms with Gasteiger partial charge in [0.25, 0.3) is 5.56 Å². The lowest BCUT2D eigenvalue weighted by Crippen LogP contribution is -2.50. The number of H-pyrrole nitrogens is 1. The van der Waals surface area contributed by atoms with Gasteiger partial charge in [0.05, 0.1) is 0 Å².